The minimum atomic E-state index is -3.40. The van der Waals surface area contributed by atoms with E-state index >= 15 is 0 Å². The highest BCUT2D eigenvalue weighted by molar-refractivity contribution is 7.90. The summed E-state index contributed by atoms with van der Waals surface area (Å²) in [5.74, 6) is -0.494. The van der Waals surface area contributed by atoms with Crippen LogP contribution >= 0.6 is 22.9 Å². The molecule has 150 valence electrons. The number of nitrogens with zero attached hydrogens (tertiary/aromatic N) is 3. The van der Waals surface area contributed by atoms with Crippen LogP contribution in [0.4, 0.5) is 5.13 Å². The molecule has 0 bridgehead atoms. The molecule has 2 amide bonds. The number of carbonyl (C=O) groups is 2. The standard InChI is InChI=1S/C16H23ClN4O4S2/c1-10(2)7-12(15(23)19-16-18-8-13(17)26-16)21-6-5-20(9-14(21)22)27(24,25)11-3-4-11/h8,10-12H,3-7,9H2,1-2H3,(H,18,19,23)/t12-/m0/s1. The third-order valence-electron chi connectivity index (χ3n) is 4.61. The first-order valence-corrected chi connectivity index (χ1v) is 11.6. The van der Waals surface area contributed by atoms with Crippen molar-refractivity contribution in [3.8, 4) is 0 Å². The number of sulfonamides is 1. The molecular formula is C16H23ClN4O4S2. The van der Waals surface area contributed by atoms with E-state index in [2.05, 4.69) is 10.3 Å². The number of carbonyl (C=O) groups excluding carboxylic acids is 2. The Balaban J connectivity index is 1.71. The maximum atomic E-state index is 12.8. The van der Waals surface area contributed by atoms with Gasteiger partial charge in [-0.25, -0.2) is 13.4 Å². The summed E-state index contributed by atoms with van der Waals surface area (Å²) >= 11 is 6.99. The van der Waals surface area contributed by atoms with Crippen molar-refractivity contribution in [2.45, 2.75) is 44.4 Å². The van der Waals surface area contributed by atoms with E-state index in [1.54, 1.807) is 0 Å². The third kappa shape index (κ3) is 4.79. The first kappa shape index (κ1) is 20.5. The molecule has 3 rings (SSSR count). The van der Waals surface area contributed by atoms with Crippen LogP contribution in [0.3, 0.4) is 0 Å². The van der Waals surface area contributed by atoms with Crippen LogP contribution < -0.4 is 5.32 Å². The molecule has 0 unspecified atom stereocenters. The first-order valence-electron chi connectivity index (χ1n) is 8.89. The highest BCUT2D eigenvalue weighted by Gasteiger charge is 2.44. The fourth-order valence-corrected chi connectivity index (χ4v) is 5.71. The van der Waals surface area contributed by atoms with Gasteiger partial charge >= 0.3 is 0 Å². The maximum Gasteiger partial charge on any atom is 0.248 e. The second-order valence-electron chi connectivity index (χ2n) is 7.27. The zero-order valence-electron chi connectivity index (χ0n) is 15.2. The molecule has 0 aromatic carbocycles. The quantitative estimate of drug-likeness (QED) is 0.705. The second-order valence-corrected chi connectivity index (χ2v) is 11.1. The van der Waals surface area contributed by atoms with Gasteiger partial charge in [-0.15, -0.1) is 0 Å². The van der Waals surface area contributed by atoms with Crippen molar-refractivity contribution >= 4 is 49.9 Å². The average molecular weight is 435 g/mol. The van der Waals surface area contributed by atoms with Crippen LogP contribution in [0.2, 0.25) is 4.34 Å². The van der Waals surface area contributed by atoms with Crippen LogP contribution in [0.1, 0.15) is 33.1 Å². The molecule has 2 aliphatic rings. The summed E-state index contributed by atoms with van der Waals surface area (Å²) in [6.07, 6.45) is 3.25. The van der Waals surface area contributed by atoms with Crippen molar-refractivity contribution in [1.82, 2.24) is 14.2 Å². The van der Waals surface area contributed by atoms with E-state index in [0.717, 1.165) is 11.3 Å². The predicted octanol–water partition coefficient (Wildman–Crippen LogP) is 1.79. The number of rotatable bonds is 7. The first-order chi connectivity index (χ1) is 12.7. The molecule has 0 radical (unpaired) electrons. The number of nitrogens with one attached hydrogen (secondary N) is 1. The number of thiazole rings is 1. The van der Waals surface area contributed by atoms with Gasteiger partial charge in [0.2, 0.25) is 21.8 Å². The van der Waals surface area contributed by atoms with Crippen LogP contribution in [-0.2, 0) is 19.6 Å². The van der Waals surface area contributed by atoms with Crippen molar-refractivity contribution in [2.24, 2.45) is 5.92 Å². The number of amides is 2. The van der Waals surface area contributed by atoms with Crippen LogP contribution in [0.15, 0.2) is 6.20 Å². The average Bonchev–Trinajstić information content (AvgIpc) is 3.37. The Kier molecular flexibility index (Phi) is 6.09. The zero-order valence-corrected chi connectivity index (χ0v) is 17.6. The van der Waals surface area contributed by atoms with E-state index in [-0.39, 0.29) is 42.6 Å². The topological polar surface area (TPSA) is 99.7 Å². The summed E-state index contributed by atoms with van der Waals surface area (Å²) in [4.78, 5) is 31.0. The van der Waals surface area contributed by atoms with Crippen molar-refractivity contribution in [2.75, 3.05) is 25.0 Å². The van der Waals surface area contributed by atoms with Crippen LogP contribution in [0, 0.1) is 5.92 Å². The van der Waals surface area contributed by atoms with Gasteiger partial charge in [-0.1, -0.05) is 36.8 Å². The van der Waals surface area contributed by atoms with E-state index in [1.165, 1.54) is 15.4 Å². The van der Waals surface area contributed by atoms with Gasteiger partial charge < -0.3 is 10.2 Å². The Morgan fingerprint density at radius 2 is 2.11 bits per heavy atom. The molecule has 1 saturated heterocycles. The number of piperazine rings is 1. The van der Waals surface area contributed by atoms with Gasteiger partial charge in [0.15, 0.2) is 5.13 Å². The lowest BCUT2D eigenvalue weighted by atomic mass is 10.0. The predicted molar refractivity (Wildman–Crippen MR) is 104 cm³/mol. The van der Waals surface area contributed by atoms with E-state index in [1.807, 2.05) is 13.8 Å². The Morgan fingerprint density at radius 1 is 1.41 bits per heavy atom. The molecule has 11 heteroatoms. The Bertz CT molecular complexity index is 822. The molecule has 1 aliphatic carbocycles. The highest BCUT2D eigenvalue weighted by Crippen LogP contribution is 2.32. The van der Waals surface area contributed by atoms with Gasteiger partial charge in [-0.05, 0) is 25.2 Å². The van der Waals surface area contributed by atoms with Crippen molar-refractivity contribution in [3.05, 3.63) is 10.5 Å². The molecule has 1 aromatic rings. The monoisotopic (exact) mass is 434 g/mol. The van der Waals surface area contributed by atoms with E-state index < -0.39 is 16.1 Å². The summed E-state index contributed by atoms with van der Waals surface area (Å²) in [5, 5.41) is 2.74. The van der Waals surface area contributed by atoms with Crippen molar-refractivity contribution in [3.63, 3.8) is 0 Å². The lowest BCUT2D eigenvalue weighted by molar-refractivity contribution is -0.142. The molecule has 1 atom stereocenters. The number of hydrogen-bond donors (Lipinski definition) is 1. The Labute approximate surface area is 167 Å². The summed E-state index contributed by atoms with van der Waals surface area (Å²) in [7, 11) is -3.40. The number of aromatic nitrogens is 1. The molecule has 1 N–H and O–H groups in total. The fourth-order valence-electron chi connectivity index (χ4n) is 3.11. The molecule has 8 nitrogen and oxygen atoms in total. The lowest BCUT2D eigenvalue weighted by Crippen LogP contribution is -2.58. The van der Waals surface area contributed by atoms with Gasteiger partial charge in [-0.2, -0.15) is 4.31 Å². The zero-order chi connectivity index (χ0) is 19.8. The number of hydrogen-bond acceptors (Lipinski definition) is 6. The SMILES string of the molecule is CC(C)C[C@@H](C(=O)Nc1ncc(Cl)s1)N1CCN(S(=O)(=O)C2CC2)CC1=O. The van der Waals surface area contributed by atoms with E-state index in [0.29, 0.717) is 28.7 Å². The van der Waals surface area contributed by atoms with Gasteiger partial charge in [0, 0.05) is 13.1 Å². The van der Waals surface area contributed by atoms with Crippen LogP contribution in [0.5, 0.6) is 0 Å². The van der Waals surface area contributed by atoms with E-state index in [4.69, 9.17) is 11.6 Å². The molecule has 2 heterocycles. The Morgan fingerprint density at radius 3 is 2.63 bits per heavy atom. The minimum Gasteiger partial charge on any atom is -0.328 e. The van der Waals surface area contributed by atoms with Gasteiger partial charge in [0.05, 0.1) is 18.0 Å². The maximum absolute atomic E-state index is 12.8. The Hall–Kier alpha value is -1.23. The normalized spacial score (nSPS) is 20.1. The summed E-state index contributed by atoms with van der Waals surface area (Å²) < 4.78 is 26.5. The lowest BCUT2D eigenvalue weighted by Gasteiger charge is -2.38. The molecule has 1 aliphatic heterocycles. The van der Waals surface area contributed by atoms with Gasteiger partial charge in [-0.3, -0.25) is 9.59 Å². The minimum absolute atomic E-state index is 0.182. The molecular weight excluding hydrogens is 412 g/mol. The van der Waals surface area contributed by atoms with Gasteiger partial charge in [0.1, 0.15) is 10.4 Å². The smallest absolute Gasteiger partial charge is 0.248 e. The summed E-state index contributed by atoms with van der Waals surface area (Å²) in [5.41, 5.74) is 0. The molecule has 27 heavy (non-hydrogen) atoms. The third-order valence-corrected chi connectivity index (χ3v) is 7.98. The second kappa shape index (κ2) is 8.02. The molecule has 1 aromatic heterocycles. The molecule has 0 spiro atoms. The van der Waals surface area contributed by atoms with Gasteiger partial charge in [0.25, 0.3) is 0 Å². The summed E-state index contributed by atoms with van der Waals surface area (Å²) in [6.45, 7) is 4.16. The van der Waals surface area contributed by atoms with Crippen molar-refractivity contribution in [1.29, 1.82) is 0 Å². The van der Waals surface area contributed by atoms with Crippen LogP contribution in [0.25, 0.3) is 0 Å². The largest absolute Gasteiger partial charge is 0.328 e. The van der Waals surface area contributed by atoms with E-state index in [9.17, 15) is 18.0 Å². The molecule has 1 saturated carbocycles. The fraction of sp³-hybridized carbons (Fsp3) is 0.688. The summed E-state index contributed by atoms with van der Waals surface area (Å²) in [6, 6.07) is -0.675. The van der Waals surface area contributed by atoms with Crippen molar-refractivity contribution < 1.29 is 18.0 Å². The number of halogens is 1. The highest BCUT2D eigenvalue weighted by atomic mass is 35.5. The van der Waals surface area contributed by atoms with Crippen LogP contribution in [-0.4, -0.2) is 65.3 Å². The molecule has 2 fully saturated rings. The number of anilines is 1.